The number of likely N-dealkylation sites (tertiary alicyclic amines) is 1. The van der Waals surface area contributed by atoms with Crippen molar-refractivity contribution in [3.63, 3.8) is 0 Å². The highest BCUT2D eigenvalue weighted by Crippen LogP contribution is 2.31. The Balaban J connectivity index is 2.14. The highest BCUT2D eigenvalue weighted by atomic mass is 16.4. The molecule has 0 aliphatic carbocycles. The number of pyridine rings is 1. The van der Waals surface area contributed by atoms with Gasteiger partial charge in [-0.2, -0.15) is 0 Å². The van der Waals surface area contributed by atoms with E-state index in [0.29, 0.717) is 11.4 Å². The van der Waals surface area contributed by atoms with Gasteiger partial charge < -0.3 is 15.3 Å². The van der Waals surface area contributed by atoms with Gasteiger partial charge in [0.1, 0.15) is 5.56 Å². The summed E-state index contributed by atoms with van der Waals surface area (Å²) >= 11 is 0. The largest absolute Gasteiger partial charge is 0.478 e. The third-order valence-corrected chi connectivity index (χ3v) is 4.44. The van der Waals surface area contributed by atoms with Crippen molar-refractivity contribution in [2.24, 2.45) is 5.41 Å². The molecule has 0 saturated carbocycles. The second kappa shape index (κ2) is 6.02. The molecule has 1 aliphatic rings. The van der Waals surface area contributed by atoms with Gasteiger partial charge >= 0.3 is 5.97 Å². The van der Waals surface area contributed by atoms with Crippen molar-refractivity contribution in [3.8, 4) is 0 Å². The lowest BCUT2D eigenvalue weighted by atomic mass is 9.80. The number of hydrogen-bond acceptors (Lipinski definition) is 4. The lowest BCUT2D eigenvalue weighted by Crippen LogP contribution is -2.40. The van der Waals surface area contributed by atoms with Gasteiger partial charge in [-0.25, -0.2) is 4.79 Å². The summed E-state index contributed by atoms with van der Waals surface area (Å²) in [6.07, 6.45) is 2.25. The zero-order valence-corrected chi connectivity index (χ0v) is 13.4. The van der Waals surface area contributed by atoms with Crippen molar-refractivity contribution in [2.45, 2.75) is 33.6 Å². The standard InChI is InChI=1S/C16H25N3O2/c1-11-9-13(14(15(20)21)12(2)18-11)17-10-16(3)5-7-19(4)8-6-16/h9H,5-8,10H2,1-4H3,(H,17,18)(H,20,21). The molecule has 1 saturated heterocycles. The average Bonchev–Trinajstić information content (AvgIpc) is 2.39. The van der Waals surface area contributed by atoms with Crippen LogP contribution >= 0.6 is 0 Å². The maximum atomic E-state index is 11.4. The van der Waals surface area contributed by atoms with Crippen molar-refractivity contribution in [3.05, 3.63) is 23.0 Å². The van der Waals surface area contributed by atoms with Crippen LogP contribution < -0.4 is 5.32 Å². The molecule has 5 nitrogen and oxygen atoms in total. The molecule has 0 aromatic carbocycles. The minimum Gasteiger partial charge on any atom is -0.478 e. The van der Waals surface area contributed by atoms with Gasteiger partial charge in [0, 0.05) is 12.2 Å². The molecule has 116 valence electrons. The molecule has 21 heavy (non-hydrogen) atoms. The molecule has 2 N–H and O–H groups in total. The zero-order valence-electron chi connectivity index (χ0n) is 13.4. The molecule has 0 radical (unpaired) electrons. The smallest absolute Gasteiger partial charge is 0.339 e. The maximum Gasteiger partial charge on any atom is 0.339 e. The Morgan fingerprint density at radius 1 is 1.43 bits per heavy atom. The predicted molar refractivity (Wildman–Crippen MR) is 84.0 cm³/mol. The number of hydrogen-bond donors (Lipinski definition) is 2. The molecular weight excluding hydrogens is 266 g/mol. The van der Waals surface area contributed by atoms with E-state index in [9.17, 15) is 9.90 Å². The van der Waals surface area contributed by atoms with Crippen molar-refractivity contribution in [1.82, 2.24) is 9.88 Å². The quantitative estimate of drug-likeness (QED) is 0.892. The Morgan fingerprint density at radius 2 is 2.05 bits per heavy atom. The van der Waals surface area contributed by atoms with Crippen LogP contribution in [0.3, 0.4) is 0 Å². The first-order chi connectivity index (χ1) is 9.81. The number of aromatic carboxylic acids is 1. The first-order valence-electron chi connectivity index (χ1n) is 7.45. The Labute approximate surface area is 126 Å². The first-order valence-corrected chi connectivity index (χ1v) is 7.45. The number of carboxylic acid groups (broad SMARTS) is 1. The van der Waals surface area contributed by atoms with Crippen LogP contribution in [0.1, 0.15) is 41.5 Å². The van der Waals surface area contributed by atoms with Crippen molar-refractivity contribution in [2.75, 3.05) is 32.0 Å². The molecule has 1 aromatic heterocycles. The molecule has 1 aromatic rings. The zero-order chi connectivity index (χ0) is 15.6. The molecule has 1 fully saturated rings. The molecule has 5 heteroatoms. The van der Waals surface area contributed by atoms with E-state index in [2.05, 4.69) is 29.2 Å². The van der Waals surface area contributed by atoms with Gasteiger partial charge in [0.05, 0.1) is 11.4 Å². The van der Waals surface area contributed by atoms with Crippen LogP contribution in [0.4, 0.5) is 5.69 Å². The van der Waals surface area contributed by atoms with Crippen LogP contribution in [0.5, 0.6) is 0 Å². The fourth-order valence-electron chi connectivity index (χ4n) is 2.88. The van der Waals surface area contributed by atoms with E-state index in [1.54, 1.807) is 6.92 Å². The normalized spacial score (nSPS) is 18.5. The topological polar surface area (TPSA) is 65.5 Å². The molecule has 0 spiro atoms. The molecule has 0 unspecified atom stereocenters. The van der Waals surface area contributed by atoms with E-state index >= 15 is 0 Å². The number of aromatic nitrogens is 1. The van der Waals surface area contributed by atoms with Crippen LogP contribution in [0.15, 0.2) is 6.07 Å². The number of aryl methyl sites for hydroxylation is 2. The highest BCUT2D eigenvalue weighted by Gasteiger charge is 2.29. The second-order valence-corrected chi connectivity index (χ2v) is 6.54. The Hall–Kier alpha value is -1.62. The number of piperidine rings is 1. The summed E-state index contributed by atoms with van der Waals surface area (Å²) in [5.41, 5.74) is 2.60. The van der Waals surface area contributed by atoms with Crippen molar-refractivity contribution >= 4 is 11.7 Å². The van der Waals surface area contributed by atoms with Gasteiger partial charge in [0.25, 0.3) is 0 Å². The maximum absolute atomic E-state index is 11.4. The van der Waals surface area contributed by atoms with Gasteiger partial charge in [-0.15, -0.1) is 0 Å². The fourth-order valence-corrected chi connectivity index (χ4v) is 2.88. The summed E-state index contributed by atoms with van der Waals surface area (Å²) in [5, 5.41) is 12.7. The molecule has 1 aliphatic heterocycles. The van der Waals surface area contributed by atoms with Crippen LogP contribution in [0.2, 0.25) is 0 Å². The van der Waals surface area contributed by atoms with E-state index in [4.69, 9.17) is 0 Å². The van der Waals surface area contributed by atoms with Crippen LogP contribution in [0.25, 0.3) is 0 Å². The third kappa shape index (κ3) is 3.73. The summed E-state index contributed by atoms with van der Waals surface area (Å²) in [4.78, 5) is 18.0. The Bertz CT molecular complexity index is 535. The van der Waals surface area contributed by atoms with Gasteiger partial charge in [0.2, 0.25) is 0 Å². The van der Waals surface area contributed by atoms with E-state index in [1.165, 1.54) is 0 Å². The summed E-state index contributed by atoms with van der Waals surface area (Å²) in [6.45, 7) is 8.90. The number of rotatable bonds is 4. The molecule has 0 atom stereocenters. The molecule has 2 rings (SSSR count). The lowest BCUT2D eigenvalue weighted by Gasteiger charge is -2.38. The number of carbonyl (C=O) groups is 1. The second-order valence-electron chi connectivity index (χ2n) is 6.54. The van der Waals surface area contributed by atoms with Gasteiger partial charge in [-0.05, 0) is 58.3 Å². The molecular formula is C16H25N3O2. The SMILES string of the molecule is Cc1cc(NCC2(C)CCN(C)CC2)c(C(=O)O)c(C)n1. The first kappa shape index (κ1) is 15.8. The average molecular weight is 291 g/mol. The number of carboxylic acids is 1. The summed E-state index contributed by atoms with van der Waals surface area (Å²) in [5.74, 6) is -0.920. The third-order valence-electron chi connectivity index (χ3n) is 4.44. The van der Waals surface area contributed by atoms with Crippen LogP contribution in [0, 0.1) is 19.3 Å². The number of anilines is 1. The predicted octanol–water partition coefficient (Wildman–Crippen LogP) is 2.54. The summed E-state index contributed by atoms with van der Waals surface area (Å²) < 4.78 is 0. The van der Waals surface area contributed by atoms with E-state index in [0.717, 1.165) is 38.2 Å². The Morgan fingerprint density at radius 3 is 2.62 bits per heavy atom. The van der Waals surface area contributed by atoms with E-state index in [1.807, 2.05) is 13.0 Å². The van der Waals surface area contributed by atoms with Gasteiger partial charge in [-0.3, -0.25) is 4.98 Å². The van der Waals surface area contributed by atoms with Crippen molar-refractivity contribution < 1.29 is 9.90 Å². The minimum atomic E-state index is -0.920. The molecule has 2 heterocycles. The van der Waals surface area contributed by atoms with E-state index in [-0.39, 0.29) is 11.0 Å². The highest BCUT2D eigenvalue weighted by molar-refractivity contribution is 5.95. The fraction of sp³-hybridized carbons (Fsp3) is 0.625. The summed E-state index contributed by atoms with van der Waals surface area (Å²) in [7, 11) is 2.14. The molecule has 0 bridgehead atoms. The van der Waals surface area contributed by atoms with Gasteiger partial charge in [-0.1, -0.05) is 6.92 Å². The lowest BCUT2D eigenvalue weighted by molar-refractivity contribution is 0.0696. The summed E-state index contributed by atoms with van der Waals surface area (Å²) in [6, 6.07) is 1.83. The van der Waals surface area contributed by atoms with E-state index < -0.39 is 5.97 Å². The van der Waals surface area contributed by atoms with Gasteiger partial charge in [0.15, 0.2) is 0 Å². The molecule has 0 amide bonds. The van der Waals surface area contributed by atoms with Crippen LogP contribution in [-0.2, 0) is 0 Å². The number of nitrogens with one attached hydrogen (secondary N) is 1. The van der Waals surface area contributed by atoms with Crippen molar-refractivity contribution in [1.29, 1.82) is 0 Å². The number of nitrogens with zero attached hydrogens (tertiary/aromatic N) is 2. The van der Waals surface area contributed by atoms with Crippen LogP contribution in [-0.4, -0.2) is 47.6 Å². The monoisotopic (exact) mass is 291 g/mol. The minimum absolute atomic E-state index is 0.216. The Kier molecular flexibility index (Phi) is 4.52.